The molecule has 1 aliphatic carbocycles. The van der Waals surface area contributed by atoms with Crippen LogP contribution >= 0.6 is 0 Å². The Kier molecular flexibility index (Phi) is 3.16. The summed E-state index contributed by atoms with van der Waals surface area (Å²) in [6.07, 6.45) is 5.88. The standard InChI is InChI=1S/C11H22O/c1-5-11(3)8-6-7-10(11)9(2)12-4/h9-10H,5-8H2,1-4H3/t9-,10?,11?/m1/s1. The maximum absolute atomic E-state index is 5.43. The first-order valence-corrected chi connectivity index (χ1v) is 5.17. The van der Waals surface area contributed by atoms with Crippen molar-refractivity contribution in [1.29, 1.82) is 0 Å². The monoisotopic (exact) mass is 170 g/mol. The third kappa shape index (κ3) is 1.66. The summed E-state index contributed by atoms with van der Waals surface area (Å²) >= 11 is 0. The highest BCUT2D eigenvalue weighted by atomic mass is 16.5. The topological polar surface area (TPSA) is 9.23 Å². The molecule has 0 aromatic rings. The first-order valence-electron chi connectivity index (χ1n) is 5.17. The molecule has 1 aliphatic rings. The third-order valence-electron chi connectivity index (χ3n) is 3.90. The molecule has 12 heavy (non-hydrogen) atoms. The number of ether oxygens (including phenoxy) is 1. The van der Waals surface area contributed by atoms with Crippen molar-refractivity contribution in [2.24, 2.45) is 11.3 Å². The fraction of sp³-hybridized carbons (Fsp3) is 1.00. The average molecular weight is 170 g/mol. The van der Waals surface area contributed by atoms with Gasteiger partial charge in [-0.3, -0.25) is 0 Å². The van der Waals surface area contributed by atoms with Gasteiger partial charge in [0.25, 0.3) is 0 Å². The summed E-state index contributed by atoms with van der Waals surface area (Å²) < 4.78 is 5.43. The SMILES string of the molecule is CCC1(C)CCCC1[C@@H](C)OC. The van der Waals surface area contributed by atoms with E-state index in [2.05, 4.69) is 20.8 Å². The van der Waals surface area contributed by atoms with Crippen LogP contribution in [0.25, 0.3) is 0 Å². The average Bonchev–Trinajstić information content (AvgIpc) is 2.47. The summed E-state index contributed by atoms with van der Waals surface area (Å²) in [6.45, 7) is 6.94. The van der Waals surface area contributed by atoms with Crippen molar-refractivity contribution in [2.45, 2.75) is 52.6 Å². The minimum absolute atomic E-state index is 0.442. The molecule has 1 rings (SSSR count). The van der Waals surface area contributed by atoms with Gasteiger partial charge in [-0.05, 0) is 31.1 Å². The molecule has 0 aromatic carbocycles. The molecule has 0 aliphatic heterocycles. The Bertz CT molecular complexity index is 144. The normalized spacial score (nSPS) is 38.5. The summed E-state index contributed by atoms with van der Waals surface area (Å²) in [5.41, 5.74) is 0.551. The van der Waals surface area contributed by atoms with Crippen LogP contribution in [0.1, 0.15) is 46.5 Å². The van der Waals surface area contributed by atoms with Crippen LogP contribution in [0.4, 0.5) is 0 Å². The largest absolute Gasteiger partial charge is 0.381 e. The van der Waals surface area contributed by atoms with Crippen LogP contribution in [-0.4, -0.2) is 13.2 Å². The quantitative estimate of drug-likeness (QED) is 0.632. The smallest absolute Gasteiger partial charge is 0.0576 e. The van der Waals surface area contributed by atoms with E-state index in [4.69, 9.17) is 4.74 Å². The Morgan fingerprint density at radius 2 is 2.25 bits per heavy atom. The molecule has 0 aromatic heterocycles. The molecule has 0 radical (unpaired) electrons. The highest BCUT2D eigenvalue weighted by Crippen LogP contribution is 2.47. The molecule has 72 valence electrons. The van der Waals surface area contributed by atoms with Gasteiger partial charge in [-0.15, -0.1) is 0 Å². The molecule has 3 atom stereocenters. The van der Waals surface area contributed by atoms with Gasteiger partial charge in [0.1, 0.15) is 0 Å². The maximum Gasteiger partial charge on any atom is 0.0576 e. The van der Waals surface area contributed by atoms with Gasteiger partial charge < -0.3 is 4.74 Å². The van der Waals surface area contributed by atoms with Crippen LogP contribution in [0, 0.1) is 11.3 Å². The van der Waals surface area contributed by atoms with Crippen molar-refractivity contribution in [1.82, 2.24) is 0 Å². The van der Waals surface area contributed by atoms with Gasteiger partial charge in [-0.1, -0.05) is 26.7 Å². The van der Waals surface area contributed by atoms with Crippen LogP contribution < -0.4 is 0 Å². The molecule has 2 unspecified atom stereocenters. The van der Waals surface area contributed by atoms with Crippen molar-refractivity contribution in [2.75, 3.05) is 7.11 Å². The number of rotatable bonds is 3. The Hall–Kier alpha value is -0.0400. The van der Waals surface area contributed by atoms with Crippen molar-refractivity contribution in [3.05, 3.63) is 0 Å². The predicted molar refractivity (Wildman–Crippen MR) is 52.2 cm³/mol. The lowest BCUT2D eigenvalue weighted by Crippen LogP contribution is -2.30. The fourth-order valence-corrected chi connectivity index (χ4v) is 2.66. The summed E-state index contributed by atoms with van der Waals surface area (Å²) in [6, 6.07) is 0. The first-order chi connectivity index (χ1) is 5.64. The van der Waals surface area contributed by atoms with Crippen LogP contribution in [-0.2, 0) is 4.74 Å². The molecular weight excluding hydrogens is 148 g/mol. The van der Waals surface area contributed by atoms with E-state index in [1.54, 1.807) is 0 Å². The number of hydrogen-bond donors (Lipinski definition) is 0. The van der Waals surface area contributed by atoms with E-state index in [0.29, 0.717) is 11.5 Å². The third-order valence-corrected chi connectivity index (χ3v) is 3.90. The molecule has 0 spiro atoms. The van der Waals surface area contributed by atoms with E-state index >= 15 is 0 Å². The van der Waals surface area contributed by atoms with Crippen LogP contribution in [0.2, 0.25) is 0 Å². The van der Waals surface area contributed by atoms with Gasteiger partial charge >= 0.3 is 0 Å². The molecular formula is C11H22O. The Balaban J connectivity index is 2.63. The number of methoxy groups -OCH3 is 1. The summed E-state index contributed by atoms with van der Waals surface area (Å²) in [5.74, 6) is 0.785. The molecule has 0 N–H and O–H groups in total. The van der Waals surface area contributed by atoms with Gasteiger partial charge in [0.05, 0.1) is 6.10 Å². The van der Waals surface area contributed by atoms with E-state index < -0.39 is 0 Å². The van der Waals surface area contributed by atoms with Crippen molar-refractivity contribution in [3.8, 4) is 0 Å². The highest BCUT2D eigenvalue weighted by Gasteiger charge is 2.40. The fourth-order valence-electron chi connectivity index (χ4n) is 2.66. The second-order valence-electron chi connectivity index (χ2n) is 4.45. The lowest BCUT2D eigenvalue weighted by atomic mass is 9.75. The zero-order valence-corrected chi connectivity index (χ0v) is 8.89. The molecule has 0 saturated heterocycles. The molecule has 1 saturated carbocycles. The van der Waals surface area contributed by atoms with Gasteiger partial charge in [0, 0.05) is 7.11 Å². The Labute approximate surface area is 76.5 Å². The van der Waals surface area contributed by atoms with Crippen LogP contribution in [0.3, 0.4) is 0 Å². The van der Waals surface area contributed by atoms with Crippen LogP contribution in [0.5, 0.6) is 0 Å². The van der Waals surface area contributed by atoms with E-state index in [1.807, 2.05) is 7.11 Å². The predicted octanol–water partition coefficient (Wildman–Crippen LogP) is 3.24. The zero-order valence-electron chi connectivity index (χ0n) is 8.89. The van der Waals surface area contributed by atoms with Crippen molar-refractivity contribution < 1.29 is 4.74 Å². The van der Waals surface area contributed by atoms with Gasteiger partial charge in [-0.2, -0.15) is 0 Å². The van der Waals surface area contributed by atoms with Gasteiger partial charge in [-0.25, -0.2) is 0 Å². The highest BCUT2D eigenvalue weighted by molar-refractivity contribution is 4.90. The summed E-state index contributed by atoms with van der Waals surface area (Å²) in [5, 5.41) is 0. The summed E-state index contributed by atoms with van der Waals surface area (Å²) in [7, 11) is 1.83. The van der Waals surface area contributed by atoms with E-state index in [1.165, 1.54) is 25.7 Å². The van der Waals surface area contributed by atoms with Crippen molar-refractivity contribution >= 4 is 0 Å². The molecule has 0 bridgehead atoms. The lowest BCUT2D eigenvalue weighted by molar-refractivity contribution is 0.0186. The Morgan fingerprint density at radius 1 is 1.58 bits per heavy atom. The van der Waals surface area contributed by atoms with Crippen molar-refractivity contribution in [3.63, 3.8) is 0 Å². The molecule has 1 nitrogen and oxygen atoms in total. The van der Waals surface area contributed by atoms with Gasteiger partial charge in [0.15, 0.2) is 0 Å². The second-order valence-corrected chi connectivity index (χ2v) is 4.45. The van der Waals surface area contributed by atoms with Crippen LogP contribution in [0.15, 0.2) is 0 Å². The zero-order chi connectivity index (χ0) is 9.19. The Morgan fingerprint density at radius 3 is 2.75 bits per heavy atom. The molecule has 0 amide bonds. The molecule has 1 heteroatoms. The van der Waals surface area contributed by atoms with E-state index in [-0.39, 0.29) is 0 Å². The summed E-state index contributed by atoms with van der Waals surface area (Å²) in [4.78, 5) is 0. The lowest BCUT2D eigenvalue weighted by Gasteiger charge is -2.34. The number of hydrogen-bond acceptors (Lipinski definition) is 1. The minimum atomic E-state index is 0.442. The maximum atomic E-state index is 5.43. The molecule has 0 heterocycles. The van der Waals surface area contributed by atoms with Gasteiger partial charge in [0.2, 0.25) is 0 Å². The van der Waals surface area contributed by atoms with E-state index in [0.717, 1.165) is 5.92 Å². The molecule has 1 fully saturated rings. The second kappa shape index (κ2) is 3.78. The minimum Gasteiger partial charge on any atom is -0.381 e. The first kappa shape index (κ1) is 10.0. The van der Waals surface area contributed by atoms with E-state index in [9.17, 15) is 0 Å².